The molecule has 0 spiro atoms. The number of aliphatic hydroxyl groups is 5. The second-order valence-corrected chi connectivity index (χ2v) is 2.05. The minimum Gasteiger partial charge on any atom is -0.394 e. The fourth-order valence-corrected chi connectivity index (χ4v) is 0.0577. The van der Waals surface area contributed by atoms with Crippen molar-refractivity contribution >= 4 is 6.79 Å². The number of aliphatic hydroxyl groups excluding tert-OH is 5. The molecule has 82 valence electrons. The summed E-state index contributed by atoms with van der Waals surface area (Å²) in [5.41, 5.74) is 0. The van der Waals surface area contributed by atoms with Crippen molar-refractivity contribution in [3.63, 3.8) is 0 Å². The standard InChI is InChI=1S/C3H8O3.C3H8O2.CH2O/c4-1-3(6)2-5;1-3(5)2-4;1-2/h3-6H,1-2H2;3-5H,2H2,1H3;1H2. The lowest BCUT2D eigenvalue weighted by atomic mass is 10.4. The Labute approximate surface area is 77.1 Å². The van der Waals surface area contributed by atoms with Crippen LogP contribution in [0.5, 0.6) is 0 Å². The first-order valence-corrected chi connectivity index (χ1v) is 3.56. The van der Waals surface area contributed by atoms with Gasteiger partial charge in [0.25, 0.3) is 0 Å². The number of carbonyl (C=O) groups is 1. The van der Waals surface area contributed by atoms with Crippen molar-refractivity contribution in [3.05, 3.63) is 0 Å². The van der Waals surface area contributed by atoms with Gasteiger partial charge in [-0.2, -0.15) is 0 Å². The Bertz CT molecular complexity index is 73.4. The molecule has 0 heterocycles. The lowest BCUT2D eigenvalue weighted by molar-refractivity contribution is -0.0979. The van der Waals surface area contributed by atoms with Crippen LogP contribution < -0.4 is 0 Å². The smallest absolute Gasteiger partial charge is 0.106 e. The molecule has 0 saturated heterocycles. The first kappa shape index (κ1) is 18.3. The zero-order valence-corrected chi connectivity index (χ0v) is 7.63. The summed E-state index contributed by atoms with van der Waals surface area (Å²) in [5, 5.41) is 40.0. The number of hydrogen-bond donors (Lipinski definition) is 5. The topological polar surface area (TPSA) is 118 Å². The number of hydrogen-bond acceptors (Lipinski definition) is 6. The number of rotatable bonds is 3. The molecule has 13 heavy (non-hydrogen) atoms. The monoisotopic (exact) mass is 198 g/mol. The summed E-state index contributed by atoms with van der Waals surface area (Å²) in [7, 11) is 0. The van der Waals surface area contributed by atoms with Gasteiger partial charge in [0.05, 0.1) is 25.9 Å². The lowest BCUT2D eigenvalue weighted by Gasteiger charge is -1.96. The van der Waals surface area contributed by atoms with Crippen LogP contribution in [0.2, 0.25) is 0 Å². The Balaban J connectivity index is -0.000000131. The molecule has 0 aromatic heterocycles. The van der Waals surface area contributed by atoms with Crippen molar-refractivity contribution in [3.8, 4) is 0 Å². The quantitative estimate of drug-likeness (QED) is 0.342. The molecule has 0 radical (unpaired) electrons. The zero-order chi connectivity index (χ0) is 11.3. The van der Waals surface area contributed by atoms with Crippen LogP contribution in [-0.2, 0) is 4.79 Å². The van der Waals surface area contributed by atoms with Crippen molar-refractivity contribution in [2.75, 3.05) is 19.8 Å². The molecule has 0 aliphatic carbocycles. The Hall–Kier alpha value is -0.530. The molecule has 0 rings (SSSR count). The molecular weight excluding hydrogens is 180 g/mol. The summed E-state index contributed by atoms with van der Waals surface area (Å²) in [5.74, 6) is 0. The lowest BCUT2D eigenvalue weighted by Crippen LogP contribution is -2.15. The van der Waals surface area contributed by atoms with E-state index in [4.69, 9.17) is 30.3 Å². The first-order chi connectivity index (χ1) is 6.08. The van der Waals surface area contributed by atoms with Gasteiger partial charge in [0, 0.05) is 0 Å². The van der Waals surface area contributed by atoms with Crippen LogP contribution in [0.15, 0.2) is 0 Å². The average molecular weight is 198 g/mol. The molecule has 6 nitrogen and oxygen atoms in total. The Kier molecular flexibility index (Phi) is 24.7. The van der Waals surface area contributed by atoms with Crippen molar-refractivity contribution in [1.82, 2.24) is 0 Å². The molecule has 0 aliphatic heterocycles. The first-order valence-electron chi connectivity index (χ1n) is 3.56. The van der Waals surface area contributed by atoms with Gasteiger partial charge in [-0.3, -0.25) is 0 Å². The van der Waals surface area contributed by atoms with Gasteiger partial charge in [0.2, 0.25) is 0 Å². The molecule has 0 amide bonds. The SMILES string of the molecule is C=O.CC(O)CO.OCC(O)CO. The number of carbonyl (C=O) groups excluding carboxylic acids is 1. The molecule has 0 bridgehead atoms. The van der Waals surface area contributed by atoms with Crippen molar-refractivity contribution in [2.45, 2.75) is 19.1 Å². The summed E-state index contributed by atoms with van der Waals surface area (Å²) < 4.78 is 0. The third-order valence-corrected chi connectivity index (χ3v) is 0.686. The minimum atomic E-state index is -0.954. The predicted molar refractivity (Wildman–Crippen MR) is 46.1 cm³/mol. The van der Waals surface area contributed by atoms with E-state index in [-0.39, 0.29) is 19.8 Å². The molecule has 0 saturated carbocycles. The molecule has 1 unspecified atom stereocenters. The highest BCUT2D eigenvalue weighted by atomic mass is 16.3. The van der Waals surface area contributed by atoms with Gasteiger partial charge in [-0.25, -0.2) is 0 Å². The normalized spacial score (nSPS) is 10.7. The molecule has 5 N–H and O–H groups in total. The summed E-state index contributed by atoms with van der Waals surface area (Å²) in [4.78, 5) is 8.00. The van der Waals surface area contributed by atoms with E-state index in [1.54, 1.807) is 0 Å². The van der Waals surface area contributed by atoms with E-state index < -0.39 is 12.2 Å². The molecule has 6 heteroatoms. The van der Waals surface area contributed by atoms with Crippen molar-refractivity contribution in [1.29, 1.82) is 0 Å². The van der Waals surface area contributed by atoms with Crippen LogP contribution in [0.3, 0.4) is 0 Å². The largest absolute Gasteiger partial charge is 0.394 e. The van der Waals surface area contributed by atoms with Gasteiger partial charge in [0.1, 0.15) is 12.9 Å². The maximum Gasteiger partial charge on any atom is 0.106 e. The van der Waals surface area contributed by atoms with E-state index in [9.17, 15) is 0 Å². The van der Waals surface area contributed by atoms with E-state index in [1.165, 1.54) is 6.92 Å². The minimum absolute atomic E-state index is 0.139. The molecule has 0 fully saturated rings. The second kappa shape index (κ2) is 17.5. The van der Waals surface area contributed by atoms with E-state index in [0.29, 0.717) is 0 Å². The molecule has 1 atom stereocenters. The predicted octanol–water partition coefficient (Wildman–Crippen LogP) is -2.49. The average Bonchev–Trinajstić information content (AvgIpc) is 2.20. The van der Waals surface area contributed by atoms with Gasteiger partial charge < -0.3 is 30.3 Å². The fourth-order valence-electron chi connectivity index (χ4n) is 0.0577. The maximum absolute atomic E-state index is 8.17. The van der Waals surface area contributed by atoms with Crippen LogP contribution in [0.1, 0.15) is 6.92 Å². The Morgan fingerprint density at radius 2 is 1.23 bits per heavy atom. The van der Waals surface area contributed by atoms with Gasteiger partial charge in [0.15, 0.2) is 0 Å². The van der Waals surface area contributed by atoms with Gasteiger partial charge in [-0.1, -0.05) is 0 Å². The maximum atomic E-state index is 8.17. The highest BCUT2D eigenvalue weighted by Gasteiger charge is 1.93. The van der Waals surface area contributed by atoms with E-state index >= 15 is 0 Å². The highest BCUT2D eigenvalue weighted by molar-refractivity contribution is 5.10. The van der Waals surface area contributed by atoms with Gasteiger partial charge in [-0.15, -0.1) is 0 Å². The highest BCUT2D eigenvalue weighted by Crippen LogP contribution is 1.71. The zero-order valence-electron chi connectivity index (χ0n) is 7.63. The molecule has 0 aromatic rings. The summed E-state index contributed by atoms with van der Waals surface area (Å²) >= 11 is 0. The molecule has 0 aliphatic rings. The van der Waals surface area contributed by atoms with Crippen LogP contribution in [0, 0.1) is 0 Å². The fraction of sp³-hybridized carbons (Fsp3) is 0.857. The Morgan fingerprint density at radius 3 is 1.23 bits per heavy atom. The van der Waals surface area contributed by atoms with Crippen molar-refractivity contribution in [2.24, 2.45) is 0 Å². The third kappa shape index (κ3) is 34.4. The Morgan fingerprint density at radius 1 is 1.00 bits per heavy atom. The van der Waals surface area contributed by atoms with E-state index in [0.717, 1.165) is 0 Å². The van der Waals surface area contributed by atoms with E-state index in [1.807, 2.05) is 6.79 Å². The summed E-state index contributed by atoms with van der Waals surface area (Å²) in [6.45, 7) is 2.66. The second-order valence-electron chi connectivity index (χ2n) is 2.05. The van der Waals surface area contributed by atoms with Crippen LogP contribution in [0.4, 0.5) is 0 Å². The third-order valence-electron chi connectivity index (χ3n) is 0.686. The van der Waals surface area contributed by atoms with Crippen LogP contribution >= 0.6 is 0 Å². The van der Waals surface area contributed by atoms with Gasteiger partial charge >= 0.3 is 0 Å². The van der Waals surface area contributed by atoms with Gasteiger partial charge in [-0.05, 0) is 6.92 Å². The van der Waals surface area contributed by atoms with E-state index in [2.05, 4.69) is 0 Å². The van der Waals surface area contributed by atoms with Crippen molar-refractivity contribution < 1.29 is 30.3 Å². The molecule has 0 aromatic carbocycles. The summed E-state index contributed by atoms with van der Waals surface area (Å²) in [6, 6.07) is 0. The van der Waals surface area contributed by atoms with Crippen LogP contribution in [0.25, 0.3) is 0 Å². The molecular formula is C7H18O6. The summed E-state index contributed by atoms with van der Waals surface area (Å²) in [6.07, 6.45) is -1.51. The van der Waals surface area contributed by atoms with Crippen LogP contribution in [-0.4, -0.2) is 64.4 Å².